The molecule has 3 aliphatic rings. The Balaban J connectivity index is 1.88. The number of ether oxygens (including phenoxy) is 1. The van der Waals surface area contributed by atoms with Crippen molar-refractivity contribution in [3.05, 3.63) is 0 Å². The Morgan fingerprint density at radius 2 is 1.88 bits per heavy atom. The molecular formula is C24H41N3O5. The van der Waals surface area contributed by atoms with Gasteiger partial charge in [0.15, 0.2) is 0 Å². The monoisotopic (exact) mass is 451 g/mol. The van der Waals surface area contributed by atoms with Crippen LogP contribution in [0.2, 0.25) is 0 Å². The lowest BCUT2D eigenvalue weighted by atomic mass is 9.62. The predicted molar refractivity (Wildman–Crippen MR) is 121 cm³/mol. The summed E-state index contributed by atoms with van der Waals surface area (Å²) < 4.78 is 6.61. The van der Waals surface area contributed by atoms with Crippen LogP contribution in [0, 0.1) is 17.8 Å². The first-order valence-electron chi connectivity index (χ1n) is 12.4. The predicted octanol–water partition coefficient (Wildman–Crippen LogP) is 1.60. The van der Waals surface area contributed by atoms with Crippen molar-refractivity contribution < 1.29 is 24.2 Å². The number of amides is 3. The number of likely N-dealkylation sites (tertiary alicyclic amines) is 1. The van der Waals surface area contributed by atoms with Crippen molar-refractivity contribution >= 4 is 17.7 Å². The maximum atomic E-state index is 13.7. The van der Waals surface area contributed by atoms with Crippen molar-refractivity contribution in [2.45, 2.75) is 89.4 Å². The Morgan fingerprint density at radius 3 is 2.53 bits per heavy atom. The molecule has 0 aromatic carbocycles. The average molecular weight is 452 g/mol. The summed E-state index contributed by atoms with van der Waals surface area (Å²) in [6.07, 6.45) is 6.85. The third-order valence-corrected chi connectivity index (χ3v) is 7.98. The molecule has 3 aliphatic heterocycles. The van der Waals surface area contributed by atoms with E-state index in [-0.39, 0.29) is 30.2 Å². The Hall–Kier alpha value is -1.67. The van der Waals surface area contributed by atoms with Gasteiger partial charge in [0.1, 0.15) is 11.6 Å². The summed E-state index contributed by atoms with van der Waals surface area (Å²) in [5.74, 6) is -1.66. The molecule has 32 heavy (non-hydrogen) atoms. The summed E-state index contributed by atoms with van der Waals surface area (Å²) in [6.45, 7) is 7.30. The van der Waals surface area contributed by atoms with E-state index in [1.54, 1.807) is 11.9 Å². The highest BCUT2D eigenvalue weighted by molar-refractivity contribution is 5.99. The van der Waals surface area contributed by atoms with E-state index in [9.17, 15) is 14.4 Å². The van der Waals surface area contributed by atoms with Gasteiger partial charge in [-0.15, -0.1) is 0 Å². The van der Waals surface area contributed by atoms with E-state index < -0.39 is 29.1 Å². The van der Waals surface area contributed by atoms with Crippen molar-refractivity contribution in [3.8, 4) is 0 Å². The molecule has 0 saturated carbocycles. The van der Waals surface area contributed by atoms with Gasteiger partial charge in [0.25, 0.3) is 0 Å². The van der Waals surface area contributed by atoms with Gasteiger partial charge < -0.3 is 25.4 Å². The molecule has 0 aromatic heterocycles. The second kappa shape index (κ2) is 10.1. The van der Waals surface area contributed by atoms with Crippen LogP contribution >= 0.6 is 0 Å². The van der Waals surface area contributed by atoms with Crippen LogP contribution in [-0.2, 0) is 19.1 Å². The molecule has 8 nitrogen and oxygen atoms in total. The topological polar surface area (TPSA) is 108 Å². The molecule has 3 heterocycles. The molecule has 3 saturated heterocycles. The largest absolute Gasteiger partial charge is 0.396 e. The average Bonchev–Trinajstić information content (AvgIpc) is 3.27. The van der Waals surface area contributed by atoms with E-state index in [1.807, 2.05) is 6.92 Å². The highest BCUT2D eigenvalue weighted by atomic mass is 16.5. The van der Waals surface area contributed by atoms with Crippen LogP contribution in [0.3, 0.4) is 0 Å². The Labute approximate surface area is 191 Å². The Bertz CT molecular complexity index is 716. The van der Waals surface area contributed by atoms with Crippen molar-refractivity contribution in [1.29, 1.82) is 0 Å². The number of nitrogens with one attached hydrogen (secondary N) is 2. The summed E-state index contributed by atoms with van der Waals surface area (Å²) in [7, 11) is 1.59. The van der Waals surface area contributed by atoms with Gasteiger partial charge in [-0.25, -0.2) is 0 Å². The standard InChI is InChI=1S/C24H41N3O5/c1-5-6-9-12-26-21(30)19-24-15-16(2)23(3,32-24)17(20(29)25-4)18(24)22(31)27(19)13-10-7-8-11-14-28/h16-19,28H,5-15H2,1-4H3,(H,25,29)(H,26,30)/t16?,17-,18-,19?,23+,24?/m0/s1. The van der Waals surface area contributed by atoms with Crippen LogP contribution in [-0.4, -0.2) is 71.7 Å². The van der Waals surface area contributed by atoms with E-state index in [4.69, 9.17) is 9.84 Å². The normalized spacial score (nSPS) is 35.3. The first-order valence-corrected chi connectivity index (χ1v) is 12.4. The minimum absolute atomic E-state index is 0.0637. The SMILES string of the molecule is CCCCCNC(=O)C1N(CCCCCCO)C(=O)[C@@H]2[C@@H](C(=O)NC)[C@]3(C)OC12CC3C. The molecule has 182 valence electrons. The van der Waals surface area contributed by atoms with Crippen molar-refractivity contribution in [1.82, 2.24) is 15.5 Å². The number of rotatable bonds is 12. The number of unbranched alkanes of at least 4 members (excludes halogenated alkanes) is 5. The molecule has 0 aromatic rings. The van der Waals surface area contributed by atoms with E-state index >= 15 is 0 Å². The molecule has 6 atom stereocenters. The molecule has 3 fully saturated rings. The number of fused-ring (bicyclic) bond motifs is 1. The maximum Gasteiger partial charge on any atom is 0.245 e. The van der Waals surface area contributed by atoms with E-state index in [2.05, 4.69) is 24.5 Å². The van der Waals surface area contributed by atoms with Crippen LogP contribution in [0.1, 0.15) is 72.1 Å². The zero-order valence-electron chi connectivity index (χ0n) is 20.1. The molecule has 2 bridgehead atoms. The van der Waals surface area contributed by atoms with Gasteiger partial charge in [-0.3, -0.25) is 14.4 Å². The van der Waals surface area contributed by atoms with Crippen LogP contribution in [0.25, 0.3) is 0 Å². The highest BCUT2D eigenvalue weighted by Crippen LogP contribution is 2.65. The third kappa shape index (κ3) is 4.04. The van der Waals surface area contributed by atoms with E-state index in [0.717, 1.165) is 44.9 Å². The molecule has 3 unspecified atom stereocenters. The number of nitrogens with zero attached hydrogens (tertiary/aromatic N) is 1. The molecule has 3 rings (SSSR count). The van der Waals surface area contributed by atoms with Crippen LogP contribution in [0.15, 0.2) is 0 Å². The summed E-state index contributed by atoms with van der Waals surface area (Å²) >= 11 is 0. The second-order valence-corrected chi connectivity index (χ2v) is 9.99. The van der Waals surface area contributed by atoms with Crippen LogP contribution in [0.4, 0.5) is 0 Å². The highest BCUT2D eigenvalue weighted by Gasteiger charge is 2.79. The first-order chi connectivity index (χ1) is 15.3. The van der Waals surface area contributed by atoms with Gasteiger partial charge in [-0.05, 0) is 38.5 Å². The third-order valence-electron chi connectivity index (χ3n) is 7.98. The minimum Gasteiger partial charge on any atom is -0.396 e. The zero-order valence-corrected chi connectivity index (χ0v) is 20.1. The lowest BCUT2D eigenvalue weighted by Gasteiger charge is -2.36. The number of aliphatic hydroxyl groups excluding tert-OH is 1. The van der Waals surface area contributed by atoms with Gasteiger partial charge in [0.2, 0.25) is 17.7 Å². The fraction of sp³-hybridized carbons (Fsp3) is 0.875. The van der Waals surface area contributed by atoms with Crippen molar-refractivity contribution in [3.63, 3.8) is 0 Å². The number of hydrogen-bond donors (Lipinski definition) is 3. The number of aliphatic hydroxyl groups is 1. The summed E-state index contributed by atoms with van der Waals surface area (Å²) in [5, 5.41) is 14.8. The molecule has 1 spiro atoms. The molecule has 0 radical (unpaired) electrons. The van der Waals surface area contributed by atoms with Gasteiger partial charge in [-0.2, -0.15) is 0 Å². The fourth-order valence-corrected chi connectivity index (χ4v) is 6.27. The second-order valence-electron chi connectivity index (χ2n) is 9.99. The fourth-order valence-electron chi connectivity index (χ4n) is 6.27. The minimum atomic E-state index is -0.956. The molecule has 0 aliphatic carbocycles. The quantitative estimate of drug-likeness (QED) is 0.391. The smallest absolute Gasteiger partial charge is 0.245 e. The van der Waals surface area contributed by atoms with E-state index in [1.165, 1.54) is 0 Å². The molecule has 8 heteroatoms. The lowest BCUT2D eigenvalue weighted by Crippen LogP contribution is -2.56. The van der Waals surface area contributed by atoms with Crippen LogP contribution < -0.4 is 10.6 Å². The van der Waals surface area contributed by atoms with Gasteiger partial charge in [0.05, 0.1) is 17.4 Å². The van der Waals surface area contributed by atoms with Crippen LogP contribution in [0.5, 0.6) is 0 Å². The molecular weight excluding hydrogens is 410 g/mol. The summed E-state index contributed by atoms with van der Waals surface area (Å²) in [6, 6.07) is -0.710. The first kappa shape index (κ1) is 25.0. The van der Waals surface area contributed by atoms with Gasteiger partial charge in [-0.1, -0.05) is 39.5 Å². The van der Waals surface area contributed by atoms with Crippen molar-refractivity contribution in [2.24, 2.45) is 17.8 Å². The lowest BCUT2D eigenvalue weighted by molar-refractivity contribution is -0.147. The number of carbonyl (C=O) groups excluding carboxylic acids is 3. The maximum absolute atomic E-state index is 13.7. The summed E-state index contributed by atoms with van der Waals surface area (Å²) in [5.41, 5.74) is -1.71. The Kier molecular flexibility index (Phi) is 7.86. The Morgan fingerprint density at radius 1 is 1.16 bits per heavy atom. The van der Waals surface area contributed by atoms with Crippen molar-refractivity contribution in [2.75, 3.05) is 26.7 Å². The summed E-state index contributed by atoms with van der Waals surface area (Å²) in [4.78, 5) is 41.8. The molecule has 3 amide bonds. The van der Waals surface area contributed by atoms with Gasteiger partial charge in [0, 0.05) is 26.7 Å². The van der Waals surface area contributed by atoms with Gasteiger partial charge >= 0.3 is 0 Å². The number of carbonyl (C=O) groups is 3. The number of hydrogen-bond acceptors (Lipinski definition) is 5. The van der Waals surface area contributed by atoms with E-state index in [0.29, 0.717) is 19.5 Å². The molecule has 3 N–H and O–H groups in total. The zero-order chi connectivity index (χ0) is 23.5.